The van der Waals surface area contributed by atoms with Crippen LogP contribution in [0.25, 0.3) is 10.6 Å². The van der Waals surface area contributed by atoms with Crippen LogP contribution in [0.15, 0.2) is 28.1 Å². The molecule has 1 aliphatic rings. The number of aliphatic hydroxyl groups is 1. The fraction of sp³-hybridized carbons (Fsp3) is 0.467. The van der Waals surface area contributed by atoms with Gasteiger partial charge in [0.05, 0.1) is 11.5 Å². The monoisotopic (exact) mass is 306 g/mol. The summed E-state index contributed by atoms with van der Waals surface area (Å²) in [4.78, 5) is 15.3. The van der Waals surface area contributed by atoms with Gasteiger partial charge in [-0.25, -0.2) is 0 Å². The van der Waals surface area contributed by atoms with Crippen LogP contribution in [-0.4, -0.2) is 40.3 Å². The summed E-state index contributed by atoms with van der Waals surface area (Å²) in [5, 5.41) is 15.1. The number of rotatable bonds is 5. The summed E-state index contributed by atoms with van der Waals surface area (Å²) >= 11 is 1.55. The van der Waals surface area contributed by atoms with Gasteiger partial charge in [0.2, 0.25) is 0 Å². The molecule has 1 fully saturated rings. The van der Waals surface area contributed by atoms with Gasteiger partial charge in [-0.05, 0) is 24.3 Å². The molecule has 21 heavy (non-hydrogen) atoms. The van der Waals surface area contributed by atoms with E-state index in [1.165, 1.54) is 0 Å². The van der Waals surface area contributed by atoms with Crippen molar-refractivity contribution in [2.24, 2.45) is 0 Å². The fourth-order valence-corrected chi connectivity index (χ4v) is 3.50. The number of hydrogen-bond donors (Lipinski definition) is 1. The van der Waals surface area contributed by atoms with E-state index in [1.54, 1.807) is 22.3 Å². The molecule has 2 heterocycles. The molecular formula is C15H18N2O3S. The molecule has 1 amide bonds. The molecule has 0 radical (unpaired) electrons. The van der Waals surface area contributed by atoms with E-state index in [2.05, 4.69) is 5.16 Å². The summed E-state index contributed by atoms with van der Waals surface area (Å²) in [6.45, 7) is 0.322. The van der Waals surface area contributed by atoms with Crippen molar-refractivity contribution in [1.82, 2.24) is 10.1 Å². The van der Waals surface area contributed by atoms with Crippen LogP contribution in [0.4, 0.5) is 0 Å². The van der Waals surface area contributed by atoms with Gasteiger partial charge in [-0.1, -0.05) is 24.1 Å². The topological polar surface area (TPSA) is 66.6 Å². The molecular weight excluding hydrogens is 288 g/mol. The molecule has 6 heteroatoms. The summed E-state index contributed by atoms with van der Waals surface area (Å²) in [6.07, 6.45) is 4.28. The minimum Gasteiger partial charge on any atom is -0.395 e. The Labute approximate surface area is 127 Å². The van der Waals surface area contributed by atoms with E-state index >= 15 is 0 Å². The summed E-state index contributed by atoms with van der Waals surface area (Å²) in [7, 11) is 0. The number of aromatic nitrogens is 1. The van der Waals surface area contributed by atoms with Gasteiger partial charge in [0.1, 0.15) is 0 Å². The van der Waals surface area contributed by atoms with Crippen molar-refractivity contribution in [3.8, 4) is 10.6 Å². The third-order valence-corrected chi connectivity index (χ3v) is 4.74. The Bertz CT molecular complexity index is 588. The zero-order valence-electron chi connectivity index (χ0n) is 11.7. The first-order chi connectivity index (χ1) is 10.3. The van der Waals surface area contributed by atoms with Crippen molar-refractivity contribution in [1.29, 1.82) is 0 Å². The first kappa shape index (κ1) is 14.3. The lowest BCUT2D eigenvalue weighted by molar-refractivity contribution is 0.0627. The molecule has 5 nitrogen and oxygen atoms in total. The maximum absolute atomic E-state index is 12.6. The molecule has 0 unspecified atom stereocenters. The third-order valence-electron chi connectivity index (χ3n) is 3.86. The van der Waals surface area contributed by atoms with Crippen molar-refractivity contribution >= 4 is 17.2 Å². The third kappa shape index (κ3) is 3.01. The molecule has 112 valence electrons. The van der Waals surface area contributed by atoms with Crippen molar-refractivity contribution < 1.29 is 14.4 Å². The van der Waals surface area contributed by atoms with E-state index in [-0.39, 0.29) is 18.6 Å². The highest BCUT2D eigenvalue weighted by molar-refractivity contribution is 7.13. The fourth-order valence-electron chi connectivity index (χ4n) is 2.83. The molecule has 2 aromatic rings. The minimum atomic E-state index is -0.150. The van der Waals surface area contributed by atoms with E-state index < -0.39 is 0 Å². The van der Waals surface area contributed by atoms with Crippen molar-refractivity contribution in [3.05, 3.63) is 29.3 Å². The second kappa shape index (κ2) is 6.41. The van der Waals surface area contributed by atoms with Crippen LogP contribution in [0.3, 0.4) is 0 Å². The van der Waals surface area contributed by atoms with E-state index in [0.29, 0.717) is 18.0 Å². The van der Waals surface area contributed by atoms with Gasteiger partial charge in [0, 0.05) is 18.7 Å². The zero-order chi connectivity index (χ0) is 14.7. The van der Waals surface area contributed by atoms with E-state index in [4.69, 9.17) is 4.52 Å². The van der Waals surface area contributed by atoms with Crippen LogP contribution in [0.2, 0.25) is 0 Å². The molecule has 0 aliphatic heterocycles. The van der Waals surface area contributed by atoms with Crippen LogP contribution in [0.5, 0.6) is 0 Å². The lowest BCUT2D eigenvalue weighted by Crippen LogP contribution is -2.40. The predicted octanol–water partition coefficient (Wildman–Crippen LogP) is 2.78. The molecule has 1 aliphatic carbocycles. The van der Waals surface area contributed by atoms with Crippen molar-refractivity contribution in [2.45, 2.75) is 31.7 Å². The first-order valence-corrected chi connectivity index (χ1v) is 8.10. The van der Waals surface area contributed by atoms with Crippen LogP contribution in [0.1, 0.15) is 36.2 Å². The Balaban J connectivity index is 1.79. The molecule has 3 rings (SSSR count). The van der Waals surface area contributed by atoms with Gasteiger partial charge in [-0.2, -0.15) is 0 Å². The lowest BCUT2D eigenvalue weighted by atomic mass is 10.2. The van der Waals surface area contributed by atoms with Crippen LogP contribution >= 0.6 is 11.3 Å². The number of thiophene rings is 1. The molecule has 0 saturated heterocycles. The Morgan fingerprint density at radius 1 is 1.48 bits per heavy atom. The summed E-state index contributed by atoms with van der Waals surface area (Å²) in [5.74, 6) is 0.464. The van der Waals surface area contributed by atoms with Crippen LogP contribution < -0.4 is 0 Å². The molecule has 0 spiro atoms. The number of carbonyl (C=O) groups excluding carboxylic acids is 1. The van der Waals surface area contributed by atoms with Gasteiger partial charge in [-0.15, -0.1) is 11.3 Å². The van der Waals surface area contributed by atoms with Gasteiger partial charge in [0.15, 0.2) is 11.5 Å². The number of hydrogen-bond acceptors (Lipinski definition) is 5. The largest absolute Gasteiger partial charge is 0.395 e. The molecule has 1 saturated carbocycles. The van der Waals surface area contributed by atoms with E-state index in [0.717, 1.165) is 30.6 Å². The zero-order valence-corrected chi connectivity index (χ0v) is 12.5. The van der Waals surface area contributed by atoms with E-state index in [1.807, 2.05) is 17.5 Å². The maximum atomic E-state index is 12.6. The second-order valence-electron chi connectivity index (χ2n) is 5.21. The van der Waals surface area contributed by atoms with Crippen molar-refractivity contribution in [3.63, 3.8) is 0 Å². The summed E-state index contributed by atoms with van der Waals surface area (Å²) in [6, 6.07) is 5.77. The molecule has 0 bridgehead atoms. The Morgan fingerprint density at radius 2 is 2.29 bits per heavy atom. The molecule has 0 atom stereocenters. The minimum absolute atomic E-state index is 0.0299. The second-order valence-corrected chi connectivity index (χ2v) is 6.16. The van der Waals surface area contributed by atoms with Crippen LogP contribution in [0, 0.1) is 0 Å². The van der Waals surface area contributed by atoms with Crippen molar-refractivity contribution in [2.75, 3.05) is 13.2 Å². The normalized spacial score (nSPS) is 15.5. The average Bonchev–Trinajstić information content (AvgIpc) is 3.25. The molecule has 1 N–H and O–H groups in total. The highest BCUT2D eigenvalue weighted by Crippen LogP contribution is 2.27. The number of amides is 1. The summed E-state index contributed by atoms with van der Waals surface area (Å²) in [5.41, 5.74) is 0.318. The van der Waals surface area contributed by atoms with Gasteiger partial charge in [0.25, 0.3) is 5.91 Å². The standard InChI is InChI=1S/C15H18N2O3S/c18-8-7-17(11-4-1-2-5-11)15(19)12-10-13(20-16-12)14-6-3-9-21-14/h3,6,9-11,18H,1-2,4-5,7-8H2. The van der Waals surface area contributed by atoms with Crippen LogP contribution in [-0.2, 0) is 0 Å². The van der Waals surface area contributed by atoms with Gasteiger partial charge >= 0.3 is 0 Å². The summed E-state index contributed by atoms with van der Waals surface area (Å²) < 4.78 is 5.27. The predicted molar refractivity (Wildman–Crippen MR) is 80.2 cm³/mol. The molecule has 0 aromatic carbocycles. The highest BCUT2D eigenvalue weighted by Gasteiger charge is 2.29. The molecule has 2 aromatic heterocycles. The Morgan fingerprint density at radius 3 is 2.95 bits per heavy atom. The maximum Gasteiger partial charge on any atom is 0.276 e. The first-order valence-electron chi connectivity index (χ1n) is 7.22. The average molecular weight is 306 g/mol. The number of carbonyl (C=O) groups is 1. The number of nitrogens with zero attached hydrogens (tertiary/aromatic N) is 2. The smallest absolute Gasteiger partial charge is 0.276 e. The van der Waals surface area contributed by atoms with E-state index in [9.17, 15) is 9.90 Å². The highest BCUT2D eigenvalue weighted by atomic mass is 32.1. The van der Waals surface area contributed by atoms with Gasteiger partial charge in [-0.3, -0.25) is 4.79 Å². The lowest BCUT2D eigenvalue weighted by Gasteiger charge is -2.27. The Kier molecular flexibility index (Phi) is 4.36. The Hall–Kier alpha value is -1.66. The van der Waals surface area contributed by atoms with Gasteiger partial charge < -0.3 is 14.5 Å². The SMILES string of the molecule is O=C(c1cc(-c2cccs2)on1)N(CCO)C1CCCC1. The number of aliphatic hydroxyl groups excluding tert-OH is 1. The quantitative estimate of drug-likeness (QED) is 0.922.